The molecule has 0 saturated heterocycles. The van der Waals surface area contributed by atoms with Crippen molar-refractivity contribution in [3.8, 4) is 22.9 Å². The highest BCUT2D eigenvalue weighted by atomic mass is 16.5. The average molecular weight is 564 g/mol. The number of aliphatic hydroxyl groups excluding tert-OH is 1. The second-order valence-electron chi connectivity index (χ2n) is 10.1. The molecule has 218 valence electrons. The van der Waals surface area contributed by atoms with Crippen molar-refractivity contribution < 1.29 is 19.4 Å². The van der Waals surface area contributed by atoms with E-state index in [1.165, 1.54) is 0 Å². The van der Waals surface area contributed by atoms with Gasteiger partial charge in [0.1, 0.15) is 6.10 Å². The SMILES string of the molecule is CCOc1nn([C@@H](C)CO)c2c1/C=C/c1[nH]nc3ncc(cc13)-c1c(C(=O)NC)nn(C)c1O[C@@H](C)CN(CC)C2. The van der Waals surface area contributed by atoms with Crippen molar-refractivity contribution in [2.45, 2.75) is 46.4 Å². The summed E-state index contributed by atoms with van der Waals surface area (Å²) in [6.45, 7) is 10.2. The number of aliphatic hydroxyl groups is 1. The maximum absolute atomic E-state index is 12.9. The van der Waals surface area contributed by atoms with Crippen LogP contribution < -0.4 is 14.8 Å². The first-order valence-electron chi connectivity index (χ1n) is 13.8. The Hall–Kier alpha value is -4.23. The van der Waals surface area contributed by atoms with Crippen LogP contribution in [0.4, 0.5) is 0 Å². The number of ether oxygens (including phenoxy) is 2. The largest absolute Gasteiger partial charge is 0.476 e. The zero-order valence-electron chi connectivity index (χ0n) is 24.3. The number of likely N-dealkylation sites (N-methyl/N-ethyl adjacent to an activating group) is 1. The second kappa shape index (κ2) is 11.7. The van der Waals surface area contributed by atoms with Crippen LogP contribution in [0.2, 0.25) is 0 Å². The van der Waals surface area contributed by atoms with E-state index in [2.05, 4.69) is 37.4 Å². The Balaban J connectivity index is 1.75. The van der Waals surface area contributed by atoms with Crippen molar-refractivity contribution in [2.75, 3.05) is 33.4 Å². The van der Waals surface area contributed by atoms with Gasteiger partial charge < -0.3 is 19.9 Å². The smallest absolute Gasteiger partial charge is 0.272 e. The number of hydrogen-bond acceptors (Lipinski definition) is 9. The summed E-state index contributed by atoms with van der Waals surface area (Å²) in [5, 5.41) is 30.2. The molecule has 2 atom stereocenters. The molecule has 13 nitrogen and oxygen atoms in total. The highest BCUT2D eigenvalue weighted by Crippen LogP contribution is 2.36. The zero-order valence-corrected chi connectivity index (χ0v) is 24.3. The minimum Gasteiger partial charge on any atom is -0.476 e. The summed E-state index contributed by atoms with van der Waals surface area (Å²) in [6.07, 6.45) is 5.31. The number of nitrogens with one attached hydrogen (secondary N) is 2. The van der Waals surface area contributed by atoms with E-state index in [1.54, 1.807) is 25.0 Å². The van der Waals surface area contributed by atoms with Gasteiger partial charge in [0.25, 0.3) is 5.91 Å². The molecule has 1 aliphatic rings. The third-order valence-corrected chi connectivity index (χ3v) is 7.21. The van der Waals surface area contributed by atoms with Gasteiger partial charge in [0.05, 0.1) is 41.8 Å². The van der Waals surface area contributed by atoms with Crippen LogP contribution in [0.15, 0.2) is 12.3 Å². The van der Waals surface area contributed by atoms with Gasteiger partial charge in [-0.1, -0.05) is 6.92 Å². The Labute approximate surface area is 238 Å². The van der Waals surface area contributed by atoms with E-state index in [4.69, 9.17) is 14.6 Å². The number of carbonyl (C=O) groups is 1. The summed E-state index contributed by atoms with van der Waals surface area (Å²) in [7, 11) is 3.34. The lowest BCUT2D eigenvalue weighted by Gasteiger charge is -2.26. The van der Waals surface area contributed by atoms with Gasteiger partial charge in [0.15, 0.2) is 11.3 Å². The fraction of sp³-hybridized carbons (Fsp3) is 0.464. The molecule has 13 heteroatoms. The highest BCUT2D eigenvalue weighted by molar-refractivity contribution is 6.01. The third-order valence-electron chi connectivity index (χ3n) is 7.21. The molecule has 0 unspecified atom stereocenters. The molecule has 5 heterocycles. The predicted molar refractivity (Wildman–Crippen MR) is 155 cm³/mol. The Morgan fingerprint density at radius 1 is 1.32 bits per heavy atom. The van der Waals surface area contributed by atoms with Crippen LogP contribution in [-0.2, 0) is 13.6 Å². The van der Waals surface area contributed by atoms with E-state index >= 15 is 0 Å². The fourth-order valence-corrected chi connectivity index (χ4v) is 5.11. The lowest BCUT2D eigenvalue weighted by atomic mass is 10.1. The molecule has 4 aromatic heterocycles. The molecule has 1 amide bonds. The third kappa shape index (κ3) is 5.30. The lowest BCUT2D eigenvalue weighted by molar-refractivity contribution is 0.0958. The van der Waals surface area contributed by atoms with Crippen LogP contribution in [0.5, 0.6) is 11.8 Å². The summed E-state index contributed by atoms with van der Waals surface area (Å²) >= 11 is 0. The van der Waals surface area contributed by atoms with E-state index in [0.717, 1.165) is 28.9 Å². The fourth-order valence-electron chi connectivity index (χ4n) is 5.11. The van der Waals surface area contributed by atoms with Crippen molar-refractivity contribution in [3.63, 3.8) is 0 Å². The van der Waals surface area contributed by atoms with Gasteiger partial charge in [0.2, 0.25) is 11.8 Å². The van der Waals surface area contributed by atoms with E-state index in [9.17, 15) is 9.90 Å². The maximum atomic E-state index is 12.9. The van der Waals surface area contributed by atoms with E-state index < -0.39 is 0 Å². The minimum atomic E-state index is -0.319. The first-order chi connectivity index (χ1) is 19.8. The second-order valence-corrected chi connectivity index (χ2v) is 10.1. The number of amides is 1. The predicted octanol–water partition coefficient (Wildman–Crippen LogP) is 2.64. The van der Waals surface area contributed by atoms with Gasteiger partial charge >= 0.3 is 0 Å². The number of aromatic nitrogens is 7. The standard InChI is InChI=1S/C28H37N9O4/c1-7-36-13-17(4)41-28-23(24(26(39)29-5)33-35(28)6)18-11-20-21(31-32-25(20)30-12-18)10-9-19-22(14-36)37(16(3)15-38)34-27(19)40-8-2/h9-12,16-17,38H,7-8,13-15H2,1-6H3,(H,29,39)(H,30,31,32)/b10-9+/t16-,17-/m0/s1. The van der Waals surface area contributed by atoms with E-state index in [1.807, 2.05) is 43.7 Å². The Bertz CT molecular complexity index is 1580. The van der Waals surface area contributed by atoms with Crippen molar-refractivity contribution >= 4 is 29.1 Å². The molecule has 0 saturated carbocycles. The van der Waals surface area contributed by atoms with Crippen molar-refractivity contribution in [2.24, 2.45) is 7.05 Å². The maximum Gasteiger partial charge on any atom is 0.272 e. The number of H-pyrrole nitrogens is 1. The number of pyridine rings is 1. The number of hydrogen-bond donors (Lipinski definition) is 3. The molecule has 4 aromatic rings. The number of carbonyl (C=O) groups excluding carboxylic acids is 1. The number of nitrogens with zero attached hydrogens (tertiary/aromatic N) is 7. The molecule has 0 aromatic carbocycles. The van der Waals surface area contributed by atoms with E-state index in [-0.39, 0.29) is 30.4 Å². The lowest BCUT2D eigenvalue weighted by Crippen LogP contribution is -2.35. The monoisotopic (exact) mass is 563 g/mol. The zero-order chi connectivity index (χ0) is 29.3. The van der Waals surface area contributed by atoms with Gasteiger partial charge in [-0.2, -0.15) is 10.2 Å². The number of fused-ring (bicyclic) bond motifs is 4. The van der Waals surface area contributed by atoms with E-state index in [0.29, 0.717) is 48.2 Å². The molecular weight excluding hydrogens is 526 g/mol. The van der Waals surface area contributed by atoms with Crippen LogP contribution in [0.3, 0.4) is 0 Å². The normalized spacial score (nSPS) is 17.3. The van der Waals surface area contributed by atoms with Crippen molar-refractivity contribution in [3.05, 3.63) is 34.9 Å². The van der Waals surface area contributed by atoms with Crippen LogP contribution in [0, 0.1) is 0 Å². The Morgan fingerprint density at radius 2 is 2.12 bits per heavy atom. The topological polar surface area (TPSA) is 148 Å². The summed E-state index contributed by atoms with van der Waals surface area (Å²) in [6, 6.07) is 1.69. The molecule has 0 radical (unpaired) electrons. The number of rotatable bonds is 6. The van der Waals surface area contributed by atoms with Gasteiger partial charge in [-0.3, -0.25) is 19.5 Å². The van der Waals surface area contributed by atoms with Crippen LogP contribution in [-0.4, -0.2) is 90.1 Å². The van der Waals surface area contributed by atoms with Crippen LogP contribution in [0.25, 0.3) is 34.3 Å². The van der Waals surface area contributed by atoms with Gasteiger partial charge in [-0.05, 0) is 45.5 Å². The first-order valence-corrected chi connectivity index (χ1v) is 13.8. The summed E-state index contributed by atoms with van der Waals surface area (Å²) in [5.74, 6) is 0.655. The molecule has 0 fully saturated rings. The highest BCUT2D eigenvalue weighted by Gasteiger charge is 2.28. The Kier molecular flexibility index (Phi) is 8.08. The van der Waals surface area contributed by atoms with Gasteiger partial charge in [0, 0.05) is 44.3 Å². The minimum absolute atomic E-state index is 0.0639. The summed E-state index contributed by atoms with van der Waals surface area (Å²) in [5.41, 5.74) is 4.51. The summed E-state index contributed by atoms with van der Waals surface area (Å²) < 4.78 is 15.9. The number of aromatic amines is 1. The molecule has 0 aliphatic carbocycles. The van der Waals surface area contributed by atoms with Gasteiger partial charge in [-0.15, -0.1) is 5.10 Å². The quantitative estimate of drug-likeness (QED) is 0.322. The number of aryl methyl sites for hydroxylation is 1. The molecule has 5 rings (SSSR count). The van der Waals surface area contributed by atoms with Crippen molar-refractivity contribution in [1.29, 1.82) is 0 Å². The Morgan fingerprint density at radius 3 is 2.83 bits per heavy atom. The molecular formula is C28H37N9O4. The van der Waals surface area contributed by atoms with Crippen molar-refractivity contribution in [1.82, 2.24) is 45.0 Å². The van der Waals surface area contributed by atoms with Crippen LogP contribution in [0.1, 0.15) is 61.2 Å². The summed E-state index contributed by atoms with van der Waals surface area (Å²) in [4.78, 5) is 19.7. The molecule has 1 aliphatic heterocycles. The average Bonchev–Trinajstić information content (AvgIpc) is 3.63. The molecule has 3 N–H and O–H groups in total. The molecule has 2 bridgehead atoms. The first kappa shape index (κ1) is 28.3. The van der Waals surface area contributed by atoms with Gasteiger partial charge in [-0.25, -0.2) is 9.67 Å². The molecule has 0 spiro atoms. The van der Waals surface area contributed by atoms with Crippen LogP contribution >= 0.6 is 0 Å². The molecule has 41 heavy (non-hydrogen) atoms.